The number of carbonyl (C=O) groups excluding carboxylic acids is 2. The SMILES string of the molecule is O=C(Nc1cccc(I)c1)C1=NN(C2CCS(=O)(=O)C2)C(=O)CC1. The number of sulfone groups is 1. The Balaban J connectivity index is 1.76. The van der Waals surface area contributed by atoms with E-state index in [0.29, 0.717) is 12.1 Å². The highest BCUT2D eigenvalue weighted by Gasteiger charge is 2.37. The molecule has 1 aromatic rings. The zero-order chi connectivity index (χ0) is 17.3. The average Bonchev–Trinajstić information content (AvgIpc) is 2.87. The van der Waals surface area contributed by atoms with E-state index < -0.39 is 15.9 Å². The summed E-state index contributed by atoms with van der Waals surface area (Å²) in [5, 5.41) is 8.11. The second-order valence-electron chi connectivity index (χ2n) is 5.81. The molecule has 1 saturated heterocycles. The molecule has 2 amide bonds. The number of anilines is 1. The van der Waals surface area contributed by atoms with Gasteiger partial charge in [0.25, 0.3) is 5.91 Å². The van der Waals surface area contributed by atoms with E-state index in [-0.39, 0.29) is 41.9 Å². The summed E-state index contributed by atoms with van der Waals surface area (Å²) in [5.74, 6) is -0.632. The number of carbonyl (C=O) groups is 2. The maximum Gasteiger partial charge on any atom is 0.271 e. The Labute approximate surface area is 153 Å². The van der Waals surface area contributed by atoms with Gasteiger partial charge >= 0.3 is 0 Å². The van der Waals surface area contributed by atoms with Gasteiger partial charge in [-0.15, -0.1) is 0 Å². The lowest BCUT2D eigenvalue weighted by Crippen LogP contribution is -2.42. The second kappa shape index (κ2) is 6.79. The molecule has 0 radical (unpaired) electrons. The van der Waals surface area contributed by atoms with Crippen molar-refractivity contribution in [3.8, 4) is 0 Å². The molecule has 7 nitrogen and oxygen atoms in total. The molecule has 2 heterocycles. The lowest BCUT2D eigenvalue weighted by atomic mass is 10.1. The highest BCUT2D eigenvalue weighted by molar-refractivity contribution is 14.1. The molecule has 24 heavy (non-hydrogen) atoms. The molecule has 128 valence electrons. The van der Waals surface area contributed by atoms with Crippen LogP contribution in [-0.2, 0) is 19.4 Å². The van der Waals surface area contributed by atoms with Crippen LogP contribution in [0.15, 0.2) is 29.4 Å². The number of amides is 2. The van der Waals surface area contributed by atoms with Gasteiger partial charge in [-0.1, -0.05) is 6.07 Å². The fourth-order valence-electron chi connectivity index (χ4n) is 2.76. The van der Waals surface area contributed by atoms with E-state index in [1.54, 1.807) is 6.07 Å². The Bertz CT molecular complexity index is 822. The maximum absolute atomic E-state index is 12.4. The Morgan fingerprint density at radius 2 is 2.12 bits per heavy atom. The quantitative estimate of drug-likeness (QED) is 0.689. The van der Waals surface area contributed by atoms with Crippen molar-refractivity contribution >= 4 is 55.6 Å². The number of hydrazone groups is 1. The minimum absolute atomic E-state index is 0.0565. The summed E-state index contributed by atoms with van der Waals surface area (Å²) in [4.78, 5) is 24.4. The Kier molecular flexibility index (Phi) is 4.90. The van der Waals surface area contributed by atoms with Gasteiger partial charge in [-0.2, -0.15) is 5.10 Å². The summed E-state index contributed by atoms with van der Waals surface area (Å²) < 4.78 is 24.2. The van der Waals surface area contributed by atoms with Crippen LogP contribution in [0, 0.1) is 3.57 Å². The Morgan fingerprint density at radius 1 is 1.33 bits per heavy atom. The van der Waals surface area contributed by atoms with Crippen molar-refractivity contribution in [2.45, 2.75) is 25.3 Å². The normalized spacial score (nSPS) is 23.0. The van der Waals surface area contributed by atoms with Crippen LogP contribution < -0.4 is 5.32 Å². The zero-order valence-electron chi connectivity index (χ0n) is 12.7. The summed E-state index contributed by atoms with van der Waals surface area (Å²) >= 11 is 2.15. The molecule has 0 aromatic heterocycles. The number of hydrogen-bond acceptors (Lipinski definition) is 5. The zero-order valence-corrected chi connectivity index (χ0v) is 15.7. The number of rotatable bonds is 3. The number of halogens is 1. The lowest BCUT2D eigenvalue weighted by Gasteiger charge is -2.27. The molecule has 2 aliphatic rings. The molecular formula is C15H16IN3O4S. The standard InChI is InChI=1S/C15H16IN3O4S/c16-10-2-1-3-11(8-10)17-15(21)13-4-5-14(20)19(18-13)12-6-7-24(22,23)9-12/h1-3,8,12H,4-7,9H2,(H,17,21). The molecule has 2 aliphatic heterocycles. The molecule has 0 bridgehead atoms. The van der Waals surface area contributed by atoms with Gasteiger partial charge in [0.2, 0.25) is 5.91 Å². The van der Waals surface area contributed by atoms with Gasteiger partial charge in [0.05, 0.1) is 17.5 Å². The van der Waals surface area contributed by atoms with Crippen molar-refractivity contribution < 1.29 is 18.0 Å². The van der Waals surface area contributed by atoms with Crippen LogP contribution in [0.5, 0.6) is 0 Å². The van der Waals surface area contributed by atoms with E-state index in [1.807, 2.05) is 18.2 Å². The van der Waals surface area contributed by atoms with Gasteiger partial charge in [-0.05, 0) is 47.2 Å². The van der Waals surface area contributed by atoms with Crippen LogP contribution in [0.2, 0.25) is 0 Å². The third-order valence-corrected chi connectivity index (χ3v) is 6.38. The molecule has 0 spiro atoms. The van der Waals surface area contributed by atoms with Crippen LogP contribution in [-0.4, -0.2) is 48.5 Å². The Morgan fingerprint density at radius 3 is 2.79 bits per heavy atom. The first-order valence-corrected chi connectivity index (χ1v) is 10.4. The van der Waals surface area contributed by atoms with E-state index in [9.17, 15) is 18.0 Å². The Hall–Kier alpha value is -1.49. The number of benzene rings is 1. The number of nitrogens with one attached hydrogen (secondary N) is 1. The minimum atomic E-state index is -3.12. The van der Waals surface area contributed by atoms with Crippen LogP contribution in [0.4, 0.5) is 5.69 Å². The van der Waals surface area contributed by atoms with E-state index in [4.69, 9.17) is 0 Å². The molecule has 1 N–H and O–H groups in total. The molecule has 0 aliphatic carbocycles. The van der Waals surface area contributed by atoms with E-state index in [2.05, 4.69) is 33.0 Å². The molecular weight excluding hydrogens is 445 g/mol. The van der Waals surface area contributed by atoms with Crippen molar-refractivity contribution in [1.82, 2.24) is 5.01 Å². The van der Waals surface area contributed by atoms with E-state index in [0.717, 1.165) is 3.57 Å². The molecule has 9 heteroatoms. The monoisotopic (exact) mass is 461 g/mol. The first-order chi connectivity index (χ1) is 11.3. The maximum atomic E-state index is 12.4. The third kappa shape index (κ3) is 3.94. The highest BCUT2D eigenvalue weighted by atomic mass is 127. The van der Waals surface area contributed by atoms with Gasteiger partial charge in [-0.25, -0.2) is 13.4 Å². The second-order valence-corrected chi connectivity index (χ2v) is 9.28. The van der Waals surface area contributed by atoms with Crippen molar-refractivity contribution in [1.29, 1.82) is 0 Å². The lowest BCUT2D eigenvalue weighted by molar-refractivity contribution is -0.133. The van der Waals surface area contributed by atoms with E-state index >= 15 is 0 Å². The van der Waals surface area contributed by atoms with Crippen molar-refractivity contribution in [3.05, 3.63) is 27.8 Å². The third-order valence-electron chi connectivity index (χ3n) is 3.96. The fourth-order valence-corrected chi connectivity index (χ4v) is 4.99. The van der Waals surface area contributed by atoms with Gasteiger partial charge in [0.1, 0.15) is 5.71 Å². The van der Waals surface area contributed by atoms with Gasteiger partial charge in [0, 0.05) is 22.1 Å². The van der Waals surface area contributed by atoms with Gasteiger partial charge in [-0.3, -0.25) is 9.59 Å². The predicted octanol–water partition coefficient (Wildman–Crippen LogP) is 1.40. The first kappa shape index (κ1) is 17.3. The summed E-state index contributed by atoms with van der Waals surface area (Å²) in [6.45, 7) is 0. The number of hydrogen-bond donors (Lipinski definition) is 1. The largest absolute Gasteiger partial charge is 0.321 e. The molecule has 1 fully saturated rings. The summed E-state index contributed by atoms with van der Waals surface area (Å²) in [6.07, 6.45) is 0.781. The molecule has 0 saturated carbocycles. The average molecular weight is 461 g/mol. The molecule has 1 atom stereocenters. The summed E-state index contributed by atoms with van der Waals surface area (Å²) in [6, 6.07) is 6.88. The minimum Gasteiger partial charge on any atom is -0.321 e. The van der Waals surface area contributed by atoms with Gasteiger partial charge < -0.3 is 5.32 Å². The summed E-state index contributed by atoms with van der Waals surface area (Å²) in [7, 11) is -3.12. The topological polar surface area (TPSA) is 95.9 Å². The van der Waals surface area contributed by atoms with Crippen LogP contribution >= 0.6 is 22.6 Å². The fraction of sp³-hybridized carbons (Fsp3) is 0.400. The van der Waals surface area contributed by atoms with Crippen molar-refractivity contribution in [2.75, 3.05) is 16.8 Å². The molecule has 1 unspecified atom stereocenters. The predicted molar refractivity (Wildman–Crippen MR) is 98.4 cm³/mol. The molecule has 3 rings (SSSR count). The van der Waals surface area contributed by atoms with Crippen molar-refractivity contribution in [3.63, 3.8) is 0 Å². The van der Waals surface area contributed by atoms with Crippen LogP contribution in [0.25, 0.3) is 0 Å². The smallest absolute Gasteiger partial charge is 0.271 e. The summed E-state index contributed by atoms with van der Waals surface area (Å²) in [5.41, 5.74) is 0.902. The first-order valence-electron chi connectivity index (χ1n) is 7.51. The van der Waals surface area contributed by atoms with E-state index in [1.165, 1.54) is 5.01 Å². The molecule has 1 aromatic carbocycles. The number of nitrogens with zero attached hydrogens (tertiary/aromatic N) is 2. The van der Waals surface area contributed by atoms with Crippen molar-refractivity contribution in [2.24, 2.45) is 5.10 Å². The van der Waals surface area contributed by atoms with Crippen LogP contribution in [0.3, 0.4) is 0 Å². The highest BCUT2D eigenvalue weighted by Crippen LogP contribution is 2.22. The van der Waals surface area contributed by atoms with Crippen LogP contribution in [0.1, 0.15) is 19.3 Å². The van der Waals surface area contributed by atoms with Gasteiger partial charge in [0.15, 0.2) is 9.84 Å².